The van der Waals surface area contributed by atoms with Gasteiger partial charge in [-0.05, 0) is 23.9 Å². The van der Waals surface area contributed by atoms with Crippen LogP contribution in [0.1, 0.15) is 11.3 Å². The highest BCUT2D eigenvalue weighted by Gasteiger charge is 2.15. The van der Waals surface area contributed by atoms with Crippen molar-refractivity contribution in [2.45, 2.75) is 13.5 Å². The largest absolute Gasteiger partial charge is 0.347 e. The number of hydrogen-bond donors (Lipinski definition) is 0. The topological polar surface area (TPSA) is 46.8 Å². The van der Waals surface area contributed by atoms with Crippen LogP contribution >= 0.6 is 11.3 Å². The van der Waals surface area contributed by atoms with E-state index in [-0.39, 0.29) is 0 Å². The van der Waals surface area contributed by atoms with Crippen LogP contribution in [-0.2, 0) is 13.6 Å². The van der Waals surface area contributed by atoms with E-state index < -0.39 is 0 Å². The smallest absolute Gasteiger partial charge is 0.188 e. The second kappa shape index (κ2) is 5.31. The maximum absolute atomic E-state index is 4.74. The van der Waals surface area contributed by atoms with Crippen LogP contribution in [0, 0.1) is 6.92 Å². The summed E-state index contributed by atoms with van der Waals surface area (Å²) < 4.78 is 3.01. The van der Waals surface area contributed by atoms with Crippen LogP contribution in [0.15, 0.2) is 36.7 Å². The lowest BCUT2D eigenvalue weighted by atomic mass is 10.1. The van der Waals surface area contributed by atoms with E-state index in [1.165, 1.54) is 16.3 Å². The van der Waals surface area contributed by atoms with E-state index >= 15 is 0 Å². The second-order valence-electron chi connectivity index (χ2n) is 5.73. The van der Waals surface area contributed by atoms with Gasteiger partial charge >= 0.3 is 0 Å². The molecule has 0 fully saturated rings. The summed E-state index contributed by atoms with van der Waals surface area (Å²) in [7, 11) is 4.02. The number of benzene rings is 1. The molecule has 5 nitrogen and oxygen atoms in total. The molecule has 4 aromatic rings. The minimum absolute atomic E-state index is 0.813. The van der Waals surface area contributed by atoms with Crippen molar-refractivity contribution in [3.63, 3.8) is 0 Å². The Morgan fingerprint density at radius 1 is 1.26 bits per heavy atom. The summed E-state index contributed by atoms with van der Waals surface area (Å²) in [6.45, 7) is 2.84. The van der Waals surface area contributed by atoms with Crippen LogP contribution in [0.5, 0.6) is 0 Å². The molecule has 0 unspecified atom stereocenters. The molecule has 0 saturated heterocycles. The van der Waals surface area contributed by atoms with Crippen LogP contribution < -0.4 is 4.90 Å². The summed E-state index contributed by atoms with van der Waals surface area (Å²) in [5.74, 6) is 0. The maximum Gasteiger partial charge on any atom is 0.188 e. The molecule has 116 valence electrons. The number of nitrogens with zero attached hydrogens (tertiary/aromatic N) is 5. The van der Waals surface area contributed by atoms with E-state index in [2.05, 4.69) is 46.3 Å². The molecule has 0 saturated carbocycles. The van der Waals surface area contributed by atoms with Crippen LogP contribution in [0.3, 0.4) is 0 Å². The molecular formula is C17H17N5S. The summed E-state index contributed by atoms with van der Waals surface area (Å²) in [6.07, 6.45) is 3.75. The molecule has 3 aromatic heterocycles. The summed E-state index contributed by atoms with van der Waals surface area (Å²) >= 11 is 1.70. The van der Waals surface area contributed by atoms with Gasteiger partial charge in [-0.1, -0.05) is 29.5 Å². The molecule has 23 heavy (non-hydrogen) atoms. The number of pyridine rings is 1. The fourth-order valence-electron chi connectivity index (χ4n) is 2.89. The third-order valence-corrected chi connectivity index (χ3v) is 5.31. The Labute approximate surface area is 138 Å². The van der Waals surface area contributed by atoms with Crippen LogP contribution in [0.25, 0.3) is 21.1 Å². The van der Waals surface area contributed by atoms with E-state index in [0.717, 1.165) is 27.7 Å². The lowest BCUT2D eigenvalue weighted by Gasteiger charge is -2.17. The van der Waals surface area contributed by atoms with Crippen molar-refractivity contribution < 1.29 is 0 Å². The Morgan fingerprint density at radius 2 is 2.13 bits per heavy atom. The number of aryl methyl sites for hydroxylation is 2. The maximum atomic E-state index is 4.74. The lowest BCUT2D eigenvalue weighted by molar-refractivity contribution is 0.772. The molecule has 1 aromatic carbocycles. The van der Waals surface area contributed by atoms with Gasteiger partial charge < -0.3 is 4.90 Å². The van der Waals surface area contributed by atoms with Crippen molar-refractivity contribution in [2.75, 3.05) is 11.9 Å². The summed E-state index contributed by atoms with van der Waals surface area (Å²) in [5, 5.41) is 7.84. The van der Waals surface area contributed by atoms with Gasteiger partial charge in [-0.2, -0.15) is 5.10 Å². The zero-order valence-electron chi connectivity index (χ0n) is 13.3. The van der Waals surface area contributed by atoms with Crippen molar-refractivity contribution >= 4 is 37.6 Å². The van der Waals surface area contributed by atoms with E-state index in [1.54, 1.807) is 11.3 Å². The van der Waals surface area contributed by atoms with E-state index in [1.807, 2.05) is 31.0 Å². The third-order valence-electron chi connectivity index (χ3n) is 4.04. The highest BCUT2D eigenvalue weighted by Crippen LogP contribution is 2.31. The highest BCUT2D eigenvalue weighted by molar-refractivity contribution is 7.22. The van der Waals surface area contributed by atoms with Crippen molar-refractivity contribution in [2.24, 2.45) is 7.05 Å². The van der Waals surface area contributed by atoms with Gasteiger partial charge in [0.05, 0.1) is 10.4 Å². The molecule has 4 rings (SSSR count). The fourth-order valence-corrected chi connectivity index (χ4v) is 3.88. The van der Waals surface area contributed by atoms with Gasteiger partial charge in [-0.25, -0.2) is 9.67 Å². The molecule has 0 spiro atoms. The van der Waals surface area contributed by atoms with Gasteiger partial charge in [0.2, 0.25) is 0 Å². The van der Waals surface area contributed by atoms with Crippen molar-refractivity contribution in [3.8, 4) is 0 Å². The average Bonchev–Trinajstić information content (AvgIpc) is 3.10. The fraction of sp³-hybridized carbons (Fsp3) is 0.235. The zero-order chi connectivity index (χ0) is 16.0. The Kier molecular flexibility index (Phi) is 3.27. The molecule has 0 aliphatic heterocycles. The highest BCUT2D eigenvalue weighted by atomic mass is 32.1. The van der Waals surface area contributed by atoms with Gasteiger partial charge in [0.25, 0.3) is 0 Å². The van der Waals surface area contributed by atoms with Gasteiger partial charge in [0.15, 0.2) is 10.8 Å². The number of rotatable bonds is 3. The van der Waals surface area contributed by atoms with Gasteiger partial charge in [0.1, 0.15) is 0 Å². The number of aromatic nitrogens is 4. The van der Waals surface area contributed by atoms with Gasteiger partial charge in [-0.15, -0.1) is 0 Å². The SMILES string of the molecule is Cc1nn(C)c2nc(N(C)Cc3cccc4cnccc34)sc12. The first-order chi connectivity index (χ1) is 11.1. The molecule has 0 amide bonds. The predicted molar refractivity (Wildman–Crippen MR) is 95.0 cm³/mol. The van der Waals surface area contributed by atoms with E-state index in [9.17, 15) is 0 Å². The Hall–Kier alpha value is -2.47. The van der Waals surface area contributed by atoms with Gasteiger partial charge in [0, 0.05) is 38.4 Å². The monoisotopic (exact) mass is 323 g/mol. The number of anilines is 1. The molecule has 0 N–H and O–H groups in total. The molecule has 0 bridgehead atoms. The minimum atomic E-state index is 0.813. The molecule has 3 heterocycles. The Morgan fingerprint density at radius 3 is 2.96 bits per heavy atom. The van der Waals surface area contributed by atoms with E-state index in [0.29, 0.717) is 0 Å². The van der Waals surface area contributed by atoms with Crippen molar-refractivity contribution in [1.82, 2.24) is 19.7 Å². The van der Waals surface area contributed by atoms with Gasteiger partial charge in [-0.3, -0.25) is 4.98 Å². The summed E-state index contributed by atoms with van der Waals surface area (Å²) in [5.41, 5.74) is 3.27. The van der Waals surface area contributed by atoms with Crippen LogP contribution in [0.2, 0.25) is 0 Å². The van der Waals surface area contributed by atoms with E-state index in [4.69, 9.17) is 4.98 Å². The number of hydrogen-bond acceptors (Lipinski definition) is 5. The Bertz CT molecular complexity index is 961. The number of fused-ring (bicyclic) bond motifs is 2. The van der Waals surface area contributed by atoms with Crippen molar-refractivity contribution in [1.29, 1.82) is 0 Å². The molecule has 0 atom stereocenters. The van der Waals surface area contributed by atoms with Crippen LogP contribution in [-0.4, -0.2) is 26.8 Å². The molecule has 0 radical (unpaired) electrons. The van der Waals surface area contributed by atoms with Crippen molar-refractivity contribution in [3.05, 3.63) is 47.9 Å². The normalized spacial score (nSPS) is 11.4. The third kappa shape index (κ3) is 2.35. The quantitative estimate of drug-likeness (QED) is 0.579. The first-order valence-electron chi connectivity index (χ1n) is 7.46. The summed E-state index contributed by atoms with van der Waals surface area (Å²) in [4.78, 5) is 11.1. The predicted octanol–water partition coefficient (Wildman–Crippen LogP) is 3.52. The number of thiazole rings is 1. The average molecular weight is 323 g/mol. The zero-order valence-corrected chi connectivity index (χ0v) is 14.1. The standard InChI is InChI=1S/C17H17N5S/c1-11-15-16(22(3)20-11)19-17(23-15)21(2)10-13-6-4-5-12-9-18-8-7-14(12)13/h4-9H,10H2,1-3H3. The molecule has 0 aliphatic carbocycles. The first kappa shape index (κ1) is 14.1. The first-order valence-corrected chi connectivity index (χ1v) is 8.28. The van der Waals surface area contributed by atoms with Crippen LogP contribution in [0.4, 0.5) is 5.13 Å². The summed E-state index contributed by atoms with van der Waals surface area (Å²) in [6, 6.07) is 8.42. The second-order valence-corrected chi connectivity index (χ2v) is 6.71. The molecule has 6 heteroatoms. The lowest BCUT2D eigenvalue weighted by Crippen LogP contribution is -2.16. The minimum Gasteiger partial charge on any atom is -0.347 e. The molecule has 0 aliphatic rings. The Balaban J connectivity index is 1.70. The molecular weight excluding hydrogens is 306 g/mol.